The summed E-state index contributed by atoms with van der Waals surface area (Å²) in [6.07, 6.45) is 1.60. The first kappa shape index (κ1) is 7.84. The quantitative estimate of drug-likeness (QED) is 0.619. The molecule has 0 saturated carbocycles. The molecule has 2 N–H and O–H groups in total. The van der Waals surface area contributed by atoms with Crippen molar-refractivity contribution in [1.29, 1.82) is 0 Å². The fourth-order valence-electron chi connectivity index (χ4n) is 0.607. The van der Waals surface area contributed by atoms with Gasteiger partial charge >= 0.3 is 0 Å². The minimum Gasteiger partial charge on any atom is -0.343 e. The minimum atomic E-state index is -0.965. The number of rotatable bonds is 1. The van der Waals surface area contributed by atoms with Gasteiger partial charge in [-0.25, -0.2) is 4.99 Å². The molecule has 1 aliphatic rings. The fraction of sp³-hybridized carbons (Fsp3) is 0.600. The third-order valence-electron chi connectivity index (χ3n) is 1.17. The maximum Gasteiger partial charge on any atom is 0.234 e. The molecule has 0 bridgehead atoms. The number of aliphatic imine (C=N–C) groups is 2. The monoisotopic (exact) mass is 205 g/mol. The first-order valence-corrected chi connectivity index (χ1v) is 3.55. The van der Waals surface area contributed by atoms with Crippen LogP contribution in [0.5, 0.6) is 0 Å². The Morgan fingerprint density at radius 3 is 3.00 bits per heavy atom. The van der Waals surface area contributed by atoms with E-state index in [1.165, 1.54) is 7.11 Å². The van der Waals surface area contributed by atoms with Crippen LogP contribution in [0.3, 0.4) is 0 Å². The van der Waals surface area contributed by atoms with Gasteiger partial charge in [0.05, 0.1) is 6.21 Å². The minimum absolute atomic E-state index is 0.374. The zero-order valence-corrected chi connectivity index (χ0v) is 7.13. The summed E-state index contributed by atoms with van der Waals surface area (Å²) in [5, 5.41) is 0. The van der Waals surface area contributed by atoms with Gasteiger partial charge in [-0.05, 0) is 15.9 Å². The molecule has 0 aromatic carbocycles. The first-order chi connectivity index (χ1) is 4.66. The Labute approximate surface area is 67.3 Å². The topological polar surface area (TPSA) is 60.0 Å². The second-order valence-corrected chi connectivity index (χ2v) is 2.77. The van der Waals surface area contributed by atoms with Crippen LogP contribution in [-0.2, 0) is 4.74 Å². The van der Waals surface area contributed by atoms with E-state index in [1.807, 2.05) is 0 Å². The van der Waals surface area contributed by atoms with E-state index >= 15 is 0 Å². The van der Waals surface area contributed by atoms with Gasteiger partial charge in [0.1, 0.15) is 11.2 Å². The van der Waals surface area contributed by atoms with E-state index in [0.29, 0.717) is 11.2 Å². The van der Waals surface area contributed by atoms with Gasteiger partial charge in [-0.15, -0.1) is 0 Å². The van der Waals surface area contributed by atoms with Gasteiger partial charge in [0.25, 0.3) is 0 Å². The lowest BCUT2D eigenvalue weighted by molar-refractivity contribution is 0.0112. The summed E-state index contributed by atoms with van der Waals surface area (Å²) >= 11 is 3.15. The smallest absolute Gasteiger partial charge is 0.234 e. The highest BCUT2D eigenvalue weighted by Crippen LogP contribution is 2.09. The van der Waals surface area contributed by atoms with Gasteiger partial charge in [0.2, 0.25) is 5.85 Å². The lowest BCUT2D eigenvalue weighted by Crippen LogP contribution is -2.45. The Bertz CT molecular complexity index is 191. The van der Waals surface area contributed by atoms with E-state index in [2.05, 4.69) is 25.9 Å². The molecule has 0 fully saturated rings. The number of methoxy groups -OCH3 is 1. The van der Waals surface area contributed by atoms with E-state index in [9.17, 15) is 0 Å². The highest BCUT2D eigenvalue weighted by molar-refractivity contribution is 9.19. The lowest BCUT2D eigenvalue weighted by atomic mass is 10.4. The van der Waals surface area contributed by atoms with Crippen LogP contribution in [0.1, 0.15) is 0 Å². The first-order valence-electron chi connectivity index (χ1n) is 2.75. The van der Waals surface area contributed by atoms with E-state index in [-0.39, 0.29) is 0 Å². The molecule has 0 amide bonds. The van der Waals surface area contributed by atoms with Gasteiger partial charge in [0, 0.05) is 7.11 Å². The summed E-state index contributed by atoms with van der Waals surface area (Å²) in [4.78, 5) is 7.90. The van der Waals surface area contributed by atoms with Crippen LogP contribution in [0.4, 0.5) is 0 Å². The number of hydrogen-bond acceptors (Lipinski definition) is 4. The van der Waals surface area contributed by atoms with Gasteiger partial charge in [-0.1, -0.05) is 0 Å². The fourth-order valence-corrected chi connectivity index (χ4v) is 1.05. The van der Waals surface area contributed by atoms with E-state index in [4.69, 9.17) is 10.5 Å². The van der Waals surface area contributed by atoms with Gasteiger partial charge in [-0.2, -0.15) is 0 Å². The molecule has 0 spiro atoms. The van der Waals surface area contributed by atoms with Gasteiger partial charge in [0.15, 0.2) is 0 Å². The summed E-state index contributed by atoms with van der Waals surface area (Å²) in [5.74, 6) is -0.965. The van der Waals surface area contributed by atoms with E-state index in [0.717, 1.165) is 0 Å². The van der Waals surface area contributed by atoms with Crippen molar-refractivity contribution < 1.29 is 4.74 Å². The Morgan fingerprint density at radius 1 is 1.90 bits per heavy atom. The van der Waals surface area contributed by atoms with Crippen molar-refractivity contribution in [3.63, 3.8) is 0 Å². The average Bonchev–Trinajstić information content (AvgIpc) is 1.88. The Morgan fingerprint density at radius 2 is 2.60 bits per heavy atom. The molecule has 5 heteroatoms. The molecule has 1 heterocycles. The zero-order valence-electron chi connectivity index (χ0n) is 5.54. The molecule has 4 nitrogen and oxygen atoms in total. The molecule has 1 atom stereocenters. The van der Waals surface area contributed by atoms with Crippen molar-refractivity contribution in [2.45, 2.75) is 5.85 Å². The standard InChI is InChI=1S/C5H8BrN3O/c1-10-5(7)3-8-2-4(6)9-5/h2H,3,7H2,1H3. The molecule has 56 valence electrons. The normalized spacial score (nSPS) is 32.1. The van der Waals surface area contributed by atoms with E-state index < -0.39 is 5.85 Å². The van der Waals surface area contributed by atoms with Crippen LogP contribution in [-0.4, -0.2) is 30.3 Å². The summed E-state index contributed by atoms with van der Waals surface area (Å²) in [5.41, 5.74) is 5.60. The molecule has 0 saturated heterocycles. The van der Waals surface area contributed by atoms with Crippen LogP contribution < -0.4 is 5.73 Å². The average molecular weight is 206 g/mol. The molecule has 0 radical (unpaired) electrons. The van der Waals surface area contributed by atoms with Crippen molar-refractivity contribution in [3.8, 4) is 0 Å². The van der Waals surface area contributed by atoms with Crippen molar-refractivity contribution in [2.75, 3.05) is 13.7 Å². The molecule has 1 unspecified atom stereocenters. The predicted molar refractivity (Wildman–Crippen MR) is 43.6 cm³/mol. The Hall–Kier alpha value is -0.260. The molecular weight excluding hydrogens is 198 g/mol. The molecule has 0 aromatic rings. The Balaban J connectivity index is 2.76. The van der Waals surface area contributed by atoms with Crippen molar-refractivity contribution in [1.82, 2.24) is 0 Å². The largest absolute Gasteiger partial charge is 0.343 e. The number of nitrogens with zero attached hydrogens (tertiary/aromatic N) is 2. The predicted octanol–water partition coefficient (Wildman–Crippen LogP) is 0.123. The summed E-state index contributed by atoms with van der Waals surface area (Å²) < 4.78 is 5.51. The van der Waals surface area contributed by atoms with Crippen LogP contribution in [0, 0.1) is 0 Å². The number of nitrogens with two attached hydrogens (primary N) is 1. The molecule has 1 aliphatic heterocycles. The molecule has 0 aliphatic carbocycles. The summed E-state index contributed by atoms with van der Waals surface area (Å²) in [6.45, 7) is 0.374. The van der Waals surface area contributed by atoms with Crippen LogP contribution in [0.15, 0.2) is 9.98 Å². The molecular formula is C5H8BrN3O. The Kier molecular flexibility index (Phi) is 2.18. The van der Waals surface area contributed by atoms with Gasteiger partial charge in [-0.3, -0.25) is 10.7 Å². The third-order valence-corrected chi connectivity index (χ3v) is 1.55. The highest BCUT2D eigenvalue weighted by atomic mass is 79.9. The van der Waals surface area contributed by atoms with Crippen molar-refractivity contribution >= 4 is 26.8 Å². The molecule has 0 aromatic heterocycles. The van der Waals surface area contributed by atoms with Crippen molar-refractivity contribution in [3.05, 3.63) is 0 Å². The van der Waals surface area contributed by atoms with Crippen LogP contribution in [0.2, 0.25) is 0 Å². The lowest BCUT2D eigenvalue weighted by Gasteiger charge is -2.23. The zero-order chi connectivity index (χ0) is 7.61. The third kappa shape index (κ3) is 1.62. The maximum atomic E-state index is 5.60. The maximum absolute atomic E-state index is 5.60. The second kappa shape index (κ2) is 2.77. The molecule has 10 heavy (non-hydrogen) atoms. The van der Waals surface area contributed by atoms with Crippen LogP contribution >= 0.6 is 15.9 Å². The van der Waals surface area contributed by atoms with E-state index in [1.54, 1.807) is 6.21 Å². The SMILES string of the molecule is COC1(N)CN=CC(Br)=N1. The molecule has 1 rings (SSSR count). The summed E-state index contributed by atoms with van der Waals surface area (Å²) in [6, 6.07) is 0. The number of hydrogen-bond donors (Lipinski definition) is 1. The summed E-state index contributed by atoms with van der Waals surface area (Å²) in [7, 11) is 1.50. The van der Waals surface area contributed by atoms with Crippen LogP contribution in [0.25, 0.3) is 0 Å². The van der Waals surface area contributed by atoms with Crippen molar-refractivity contribution in [2.24, 2.45) is 15.7 Å². The highest BCUT2D eigenvalue weighted by Gasteiger charge is 2.24. The number of ether oxygens (including phenoxy) is 1. The number of halogens is 1. The van der Waals surface area contributed by atoms with Gasteiger partial charge < -0.3 is 4.74 Å². The second-order valence-electron chi connectivity index (χ2n) is 1.95.